The Hall–Kier alpha value is -3.09. The minimum absolute atomic E-state index is 0.139. The molecule has 0 bridgehead atoms. The Labute approximate surface area is 162 Å². The van der Waals surface area contributed by atoms with Crippen molar-refractivity contribution >= 4 is 5.91 Å². The van der Waals surface area contributed by atoms with E-state index in [-0.39, 0.29) is 17.8 Å². The molecule has 4 rings (SSSR count). The number of hydrogen-bond donors (Lipinski definition) is 0. The summed E-state index contributed by atoms with van der Waals surface area (Å²) >= 11 is 0. The molecule has 3 aromatic rings. The van der Waals surface area contributed by atoms with E-state index in [0.717, 1.165) is 24.8 Å². The Morgan fingerprint density at radius 1 is 1.29 bits per heavy atom. The molecule has 1 saturated heterocycles. The van der Waals surface area contributed by atoms with E-state index in [2.05, 4.69) is 15.0 Å². The third-order valence-electron chi connectivity index (χ3n) is 4.88. The number of nitrogens with zero attached hydrogens (tertiary/aromatic N) is 4. The largest absolute Gasteiger partial charge is 0.443 e. The van der Waals surface area contributed by atoms with Gasteiger partial charge in [0.2, 0.25) is 5.89 Å². The maximum Gasteiger partial charge on any atom is 0.273 e. The standard InChI is InChI=1S/C21H21FN4O2/c1-14-23-9-8-18(25-14)21(27)26-10-3-2-7-19(26)20-24-13-17(28-20)12-15-5-4-6-16(22)11-15/h4-6,8-9,11,13,19H,2-3,7,10,12H2,1H3/t19-/m0/s1. The maximum absolute atomic E-state index is 13.4. The Kier molecular flexibility index (Phi) is 5.14. The van der Waals surface area contributed by atoms with Gasteiger partial charge >= 0.3 is 0 Å². The second kappa shape index (κ2) is 7.88. The number of aromatic nitrogens is 3. The Morgan fingerprint density at radius 3 is 3.00 bits per heavy atom. The summed E-state index contributed by atoms with van der Waals surface area (Å²) in [5.74, 6) is 1.32. The molecule has 6 nitrogen and oxygen atoms in total. The highest BCUT2D eigenvalue weighted by atomic mass is 19.1. The average molecular weight is 380 g/mol. The summed E-state index contributed by atoms with van der Waals surface area (Å²) in [4.78, 5) is 27.5. The van der Waals surface area contributed by atoms with Crippen molar-refractivity contribution in [1.82, 2.24) is 19.9 Å². The fraction of sp³-hybridized carbons (Fsp3) is 0.333. The van der Waals surface area contributed by atoms with Crippen molar-refractivity contribution in [3.8, 4) is 0 Å². The molecule has 28 heavy (non-hydrogen) atoms. The van der Waals surface area contributed by atoms with E-state index in [1.165, 1.54) is 12.1 Å². The van der Waals surface area contributed by atoms with Gasteiger partial charge in [0.15, 0.2) is 0 Å². The van der Waals surface area contributed by atoms with Crippen molar-refractivity contribution in [3.63, 3.8) is 0 Å². The molecule has 1 aliphatic heterocycles. The van der Waals surface area contributed by atoms with Crippen LogP contribution in [-0.4, -0.2) is 32.3 Å². The second-order valence-electron chi connectivity index (χ2n) is 6.97. The molecule has 1 amide bonds. The van der Waals surface area contributed by atoms with Gasteiger partial charge in [0.05, 0.1) is 6.20 Å². The van der Waals surface area contributed by atoms with E-state index in [1.807, 2.05) is 6.07 Å². The molecular formula is C21H21FN4O2. The minimum Gasteiger partial charge on any atom is -0.443 e. The first-order chi connectivity index (χ1) is 13.6. The van der Waals surface area contributed by atoms with Gasteiger partial charge in [-0.15, -0.1) is 0 Å². The molecule has 3 heterocycles. The van der Waals surface area contributed by atoms with Gasteiger partial charge in [0, 0.05) is 19.2 Å². The van der Waals surface area contributed by atoms with Crippen LogP contribution in [0.5, 0.6) is 0 Å². The number of carbonyl (C=O) groups is 1. The maximum atomic E-state index is 13.4. The van der Waals surface area contributed by atoms with Gasteiger partial charge in [-0.05, 0) is 49.9 Å². The fourth-order valence-electron chi connectivity index (χ4n) is 3.56. The molecule has 1 fully saturated rings. The van der Waals surface area contributed by atoms with Crippen LogP contribution >= 0.6 is 0 Å². The molecule has 1 aromatic carbocycles. The molecule has 0 saturated carbocycles. The lowest BCUT2D eigenvalue weighted by Crippen LogP contribution is -2.39. The molecule has 0 N–H and O–H groups in total. The Bertz CT molecular complexity index is 988. The zero-order valence-corrected chi connectivity index (χ0v) is 15.6. The van der Waals surface area contributed by atoms with Gasteiger partial charge in [-0.3, -0.25) is 4.79 Å². The summed E-state index contributed by atoms with van der Waals surface area (Å²) in [6.45, 7) is 2.39. The number of benzene rings is 1. The molecule has 7 heteroatoms. The normalized spacial score (nSPS) is 16.9. The molecule has 144 valence electrons. The van der Waals surface area contributed by atoms with E-state index in [1.54, 1.807) is 36.4 Å². The summed E-state index contributed by atoms with van der Waals surface area (Å²) in [6.07, 6.45) is 6.43. The SMILES string of the molecule is Cc1nccc(C(=O)N2CCCC[C@H]2c2ncc(Cc3cccc(F)c3)o2)n1. The summed E-state index contributed by atoms with van der Waals surface area (Å²) < 4.78 is 19.3. The molecular weight excluding hydrogens is 359 g/mol. The lowest BCUT2D eigenvalue weighted by atomic mass is 10.0. The zero-order chi connectivity index (χ0) is 19.5. The van der Waals surface area contributed by atoms with E-state index in [9.17, 15) is 9.18 Å². The first-order valence-corrected chi connectivity index (χ1v) is 9.40. The molecule has 0 aliphatic carbocycles. The summed E-state index contributed by atoms with van der Waals surface area (Å²) in [7, 11) is 0. The number of oxazole rings is 1. The third kappa shape index (κ3) is 3.93. The monoisotopic (exact) mass is 380 g/mol. The van der Waals surface area contributed by atoms with Crippen LogP contribution in [0.4, 0.5) is 4.39 Å². The van der Waals surface area contributed by atoms with E-state index in [4.69, 9.17) is 4.42 Å². The van der Waals surface area contributed by atoms with Crippen LogP contribution in [0.2, 0.25) is 0 Å². The van der Waals surface area contributed by atoms with Crippen molar-refractivity contribution in [3.05, 3.63) is 77.3 Å². The second-order valence-corrected chi connectivity index (χ2v) is 6.97. The molecule has 1 atom stereocenters. The quantitative estimate of drug-likeness (QED) is 0.687. The molecule has 2 aromatic heterocycles. The van der Waals surface area contributed by atoms with Crippen LogP contribution in [0.1, 0.15) is 58.8 Å². The van der Waals surface area contributed by atoms with Crippen LogP contribution in [0, 0.1) is 12.7 Å². The molecule has 0 unspecified atom stereocenters. The number of rotatable bonds is 4. The third-order valence-corrected chi connectivity index (χ3v) is 4.88. The van der Waals surface area contributed by atoms with Crippen molar-refractivity contribution in [1.29, 1.82) is 0 Å². The zero-order valence-electron chi connectivity index (χ0n) is 15.6. The predicted octanol–water partition coefficient (Wildman–Crippen LogP) is 3.87. The number of amides is 1. The van der Waals surface area contributed by atoms with Gasteiger partial charge in [-0.2, -0.15) is 0 Å². The van der Waals surface area contributed by atoms with Crippen LogP contribution in [-0.2, 0) is 6.42 Å². The van der Waals surface area contributed by atoms with Gasteiger partial charge in [-0.25, -0.2) is 19.3 Å². The number of hydrogen-bond acceptors (Lipinski definition) is 5. The van der Waals surface area contributed by atoms with Crippen molar-refractivity contribution < 1.29 is 13.6 Å². The highest BCUT2D eigenvalue weighted by Gasteiger charge is 2.32. The van der Waals surface area contributed by atoms with E-state index < -0.39 is 0 Å². The van der Waals surface area contributed by atoms with Crippen LogP contribution < -0.4 is 0 Å². The van der Waals surface area contributed by atoms with E-state index in [0.29, 0.717) is 36.1 Å². The summed E-state index contributed by atoms with van der Waals surface area (Å²) in [6, 6.07) is 7.82. The topological polar surface area (TPSA) is 72.1 Å². The van der Waals surface area contributed by atoms with Crippen molar-refractivity contribution in [2.24, 2.45) is 0 Å². The van der Waals surface area contributed by atoms with Crippen LogP contribution in [0.15, 0.2) is 47.1 Å². The number of carbonyl (C=O) groups excluding carboxylic acids is 1. The number of aryl methyl sites for hydroxylation is 1. The van der Waals surface area contributed by atoms with Gasteiger partial charge < -0.3 is 9.32 Å². The van der Waals surface area contributed by atoms with Crippen molar-refractivity contribution in [2.45, 2.75) is 38.6 Å². The lowest BCUT2D eigenvalue weighted by Gasteiger charge is -2.33. The van der Waals surface area contributed by atoms with Gasteiger partial charge in [0.1, 0.15) is 29.1 Å². The van der Waals surface area contributed by atoms with Crippen LogP contribution in [0.3, 0.4) is 0 Å². The summed E-state index contributed by atoms with van der Waals surface area (Å²) in [5, 5.41) is 0. The molecule has 1 aliphatic rings. The summed E-state index contributed by atoms with van der Waals surface area (Å²) in [5.41, 5.74) is 1.20. The van der Waals surface area contributed by atoms with Gasteiger partial charge in [-0.1, -0.05) is 12.1 Å². The Morgan fingerprint density at radius 2 is 2.18 bits per heavy atom. The number of likely N-dealkylation sites (tertiary alicyclic amines) is 1. The molecule has 0 spiro atoms. The van der Waals surface area contributed by atoms with Crippen molar-refractivity contribution in [2.75, 3.05) is 6.54 Å². The smallest absolute Gasteiger partial charge is 0.273 e. The highest BCUT2D eigenvalue weighted by Crippen LogP contribution is 2.32. The van der Waals surface area contributed by atoms with E-state index >= 15 is 0 Å². The minimum atomic E-state index is -0.276. The Balaban J connectivity index is 1.55. The van der Waals surface area contributed by atoms with Crippen LogP contribution in [0.25, 0.3) is 0 Å². The fourth-order valence-corrected chi connectivity index (χ4v) is 3.56. The predicted molar refractivity (Wildman–Crippen MR) is 100 cm³/mol. The highest BCUT2D eigenvalue weighted by molar-refractivity contribution is 5.92. The molecule has 0 radical (unpaired) electrons. The number of piperidine rings is 1. The lowest BCUT2D eigenvalue weighted by molar-refractivity contribution is 0.0563. The average Bonchev–Trinajstić information content (AvgIpc) is 3.16. The first-order valence-electron chi connectivity index (χ1n) is 9.40. The van der Waals surface area contributed by atoms with Gasteiger partial charge in [0.25, 0.3) is 5.91 Å². The number of halogens is 1. The first kappa shape index (κ1) is 18.3.